The van der Waals surface area contributed by atoms with Crippen molar-refractivity contribution in [2.24, 2.45) is 0 Å². The molecule has 0 saturated heterocycles. The lowest BCUT2D eigenvalue weighted by Crippen LogP contribution is -2.12. The first kappa shape index (κ1) is 9.98. The fourth-order valence-electron chi connectivity index (χ4n) is 0.746. The summed E-state index contributed by atoms with van der Waals surface area (Å²) in [5.41, 5.74) is 0.863. The summed E-state index contributed by atoms with van der Waals surface area (Å²) in [4.78, 5) is 11.0. The van der Waals surface area contributed by atoms with Gasteiger partial charge in [-0.2, -0.15) is 0 Å². The number of benzene rings is 1. The maximum absolute atomic E-state index is 11.0. The van der Waals surface area contributed by atoms with Crippen molar-refractivity contribution in [1.29, 1.82) is 0 Å². The van der Waals surface area contributed by atoms with Crippen molar-refractivity contribution >= 4 is 50.1 Å². The van der Waals surface area contributed by atoms with Gasteiger partial charge in [-0.15, -0.1) is 0 Å². The van der Waals surface area contributed by atoms with E-state index in [1.165, 1.54) is 0 Å². The quantitative estimate of drug-likeness (QED) is 0.651. The normalized spacial score (nSPS) is 9.50. The van der Waals surface area contributed by atoms with Gasteiger partial charge in [-0.05, 0) is 34.7 Å². The monoisotopic (exact) mass is 339 g/mol. The van der Waals surface area contributed by atoms with E-state index in [4.69, 9.17) is 0 Å². The van der Waals surface area contributed by atoms with E-state index < -0.39 is 0 Å². The Morgan fingerprint density at radius 1 is 1.50 bits per heavy atom. The largest absolute Gasteiger partial charge is 0.324 e. The third-order valence-corrected chi connectivity index (χ3v) is 2.72. The summed E-state index contributed by atoms with van der Waals surface area (Å²) in [5.74, 6) is -0.0286. The standard InChI is InChI=1S/C8H7BrINO/c9-5-8(12)11-7-4-2-1-3-6(7)10/h1-4H,5H2,(H,11,12). The SMILES string of the molecule is O=C(CBr)Nc1ccccc1I. The first-order valence-electron chi connectivity index (χ1n) is 3.34. The average molecular weight is 340 g/mol. The molecule has 2 nitrogen and oxygen atoms in total. The van der Waals surface area contributed by atoms with Crippen LogP contribution in [-0.2, 0) is 4.79 Å². The Bertz CT molecular complexity index is 290. The lowest BCUT2D eigenvalue weighted by atomic mass is 10.3. The zero-order chi connectivity index (χ0) is 8.97. The molecule has 0 aromatic heterocycles. The molecule has 0 saturated carbocycles. The molecule has 0 heterocycles. The second-order valence-electron chi connectivity index (χ2n) is 2.16. The molecule has 0 radical (unpaired) electrons. The Labute approximate surface area is 93.0 Å². The summed E-state index contributed by atoms with van der Waals surface area (Å²) >= 11 is 5.26. The van der Waals surface area contributed by atoms with Crippen LogP contribution < -0.4 is 5.32 Å². The summed E-state index contributed by atoms with van der Waals surface area (Å²) in [6.45, 7) is 0. The summed E-state index contributed by atoms with van der Waals surface area (Å²) in [6, 6.07) is 7.66. The van der Waals surface area contributed by atoms with Crippen LogP contribution in [0.5, 0.6) is 0 Å². The molecular formula is C8H7BrINO. The molecule has 1 amide bonds. The van der Waals surface area contributed by atoms with Gasteiger partial charge in [-0.25, -0.2) is 0 Å². The van der Waals surface area contributed by atoms with E-state index in [1.54, 1.807) is 0 Å². The highest BCUT2D eigenvalue weighted by atomic mass is 127. The lowest BCUT2D eigenvalue weighted by Gasteiger charge is -2.04. The Morgan fingerprint density at radius 3 is 2.75 bits per heavy atom. The van der Waals surface area contributed by atoms with Crippen LogP contribution in [0.25, 0.3) is 0 Å². The number of amides is 1. The summed E-state index contributed by atoms with van der Waals surface area (Å²) in [7, 11) is 0. The van der Waals surface area contributed by atoms with Gasteiger partial charge in [0.25, 0.3) is 0 Å². The molecular weight excluding hydrogens is 333 g/mol. The summed E-state index contributed by atoms with van der Waals surface area (Å²) in [6.07, 6.45) is 0. The molecule has 0 aliphatic rings. The van der Waals surface area contributed by atoms with Gasteiger partial charge in [-0.3, -0.25) is 4.79 Å². The van der Waals surface area contributed by atoms with Gasteiger partial charge in [-0.1, -0.05) is 28.1 Å². The highest BCUT2D eigenvalue weighted by Gasteiger charge is 2.01. The maximum atomic E-state index is 11.0. The van der Waals surface area contributed by atoms with Crippen LogP contribution in [0.4, 0.5) is 5.69 Å². The van der Waals surface area contributed by atoms with Gasteiger partial charge >= 0.3 is 0 Å². The lowest BCUT2D eigenvalue weighted by molar-refractivity contribution is -0.113. The smallest absolute Gasteiger partial charge is 0.235 e. The highest BCUT2D eigenvalue weighted by Crippen LogP contribution is 2.16. The summed E-state index contributed by atoms with van der Waals surface area (Å²) < 4.78 is 1.05. The van der Waals surface area contributed by atoms with E-state index in [-0.39, 0.29) is 5.91 Å². The number of rotatable bonds is 2. The Kier molecular flexibility index (Phi) is 4.00. The van der Waals surface area contributed by atoms with Gasteiger partial charge in [0.2, 0.25) is 5.91 Å². The van der Waals surface area contributed by atoms with Crippen molar-refractivity contribution in [3.05, 3.63) is 27.8 Å². The second-order valence-corrected chi connectivity index (χ2v) is 3.88. The number of carbonyl (C=O) groups excluding carboxylic acids is 1. The van der Waals surface area contributed by atoms with Gasteiger partial charge < -0.3 is 5.32 Å². The molecule has 0 aliphatic heterocycles. The Morgan fingerprint density at radius 2 is 2.17 bits per heavy atom. The first-order chi connectivity index (χ1) is 5.74. The zero-order valence-corrected chi connectivity index (χ0v) is 9.92. The third kappa shape index (κ3) is 2.75. The highest BCUT2D eigenvalue weighted by molar-refractivity contribution is 14.1. The van der Waals surface area contributed by atoms with E-state index >= 15 is 0 Å². The summed E-state index contributed by atoms with van der Waals surface area (Å²) in [5, 5.41) is 3.10. The molecule has 0 fully saturated rings. The molecule has 0 atom stereocenters. The van der Waals surface area contributed by atoms with Gasteiger partial charge in [0.15, 0.2) is 0 Å². The van der Waals surface area contributed by atoms with Gasteiger partial charge in [0.1, 0.15) is 0 Å². The predicted octanol–water partition coefficient (Wildman–Crippen LogP) is 2.62. The topological polar surface area (TPSA) is 29.1 Å². The number of hydrogen-bond acceptors (Lipinski definition) is 1. The number of carbonyl (C=O) groups is 1. The minimum Gasteiger partial charge on any atom is -0.324 e. The molecule has 12 heavy (non-hydrogen) atoms. The van der Waals surface area contributed by atoms with Crippen LogP contribution in [-0.4, -0.2) is 11.2 Å². The van der Waals surface area contributed by atoms with E-state index in [9.17, 15) is 4.79 Å². The molecule has 0 spiro atoms. The van der Waals surface area contributed by atoms with Gasteiger partial charge in [0, 0.05) is 3.57 Å². The van der Waals surface area contributed by atoms with Crippen LogP contribution in [0.2, 0.25) is 0 Å². The fraction of sp³-hybridized carbons (Fsp3) is 0.125. The van der Waals surface area contributed by atoms with Crippen LogP contribution in [0.1, 0.15) is 0 Å². The molecule has 1 N–H and O–H groups in total. The molecule has 1 rings (SSSR count). The van der Waals surface area contributed by atoms with Crippen LogP contribution in [0.3, 0.4) is 0 Å². The number of hydrogen-bond donors (Lipinski definition) is 1. The number of alkyl halides is 1. The number of para-hydroxylation sites is 1. The van der Waals surface area contributed by atoms with E-state index in [0.29, 0.717) is 5.33 Å². The third-order valence-electron chi connectivity index (χ3n) is 1.27. The van der Waals surface area contributed by atoms with Gasteiger partial charge in [0.05, 0.1) is 11.0 Å². The fourth-order valence-corrected chi connectivity index (χ4v) is 1.41. The molecule has 1 aromatic carbocycles. The molecule has 0 unspecified atom stereocenters. The van der Waals surface area contributed by atoms with Crippen LogP contribution in [0.15, 0.2) is 24.3 Å². The minimum absolute atomic E-state index is 0.0286. The van der Waals surface area contributed by atoms with Crippen LogP contribution in [0, 0.1) is 3.57 Å². The predicted molar refractivity (Wildman–Crippen MR) is 61.6 cm³/mol. The molecule has 1 aromatic rings. The maximum Gasteiger partial charge on any atom is 0.235 e. The minimum atomic E-state index is -0.0286. The van der Waals surface area contributed by atoms with Crippen molar-refractivity contribution in [3.8, 4) is 0 Å². The zero-order valence-electron chi connectivity index (χ0n) is 6.18. The number of halogens is 2. The van der Waals surface area contributed by atoms with Crippen molar-refractivity contribution in [3.63, 3.8) is 0 Å². The second kappa shape index (κ2) is 4.81. The van der Waals surface area contributed by atoms with Crippen molar-refractivity contribution in [2.75, 3.05) is 10.6 Å². The Hall–Kier alpha value is -0.100. The number of nitrogens with one attached hydrogen (secondary N) is 1. The van der Waals surface area contributed by atoms with Crippen molar-refractivity contribution in [1.82, 2.24) is 0 Å². The first-order valence-corrected chi connectivity index (χ1v) is 5.54. The molecule has 0 aliphatic carbocycles. The van der Waals surface area contributed by atoms with Crippen molar-refractivity contribution in [2.45, 2.75) is 0 Å². The van der Waals surface area contributed by atoms with E-state index in [2.05, 4.69) is 43.8 Å². The Balaban J connectivity index is 2.75. The average Bonchev–Trinajstić information content (AvgIpc) is 2.09. The van der Waals surface area contributed by atoms with Crippen molar-refractivity contribution < 1.29 is 4.79 Å². The van der Waals surface area contributed by atoms with E-state index in [1.807, 2.05) is 24.3 Å². The molecule has 4 heteroatoms. The van der Waals surface area contributed by atoms with E-state index in [0.717, 1.165) is 9.26 Å². The van der Waals surface area contributed by atoms with Crippen LogP contribution >= 0.6 is 38.5 Å². The molecule has 64 valence electrons. The number of anilines is 1. The molecule has 0 bridgehead atoms.